The first kappa shape index (κ1) is 30.0. The molecule has 2 N–H and O–H groups in total. The lowest BCUT2D eigenvalue weighted by Crippen LogP contribution is -2.21. The maximum absolute atomic E-state index is 12.0. The van der Waals surface area contributed by atoms with Crippen molar-refractivity contribution in [3.05, 3.63) is 95.1 Å². The molecular formula is C38H50O2. The van der Waals surface area contributed by atoms with Gasteiger partial charge in [0.15, 0.2) is 0 Å². The quantitative estimate of drug-likeness (QED) is 0.312. The Labute approximate surface area is 243 Å². The molecular weight excluding hydrogens is 488 g/mol. The zero-order valence-electron chi connectivity index (χ0n) is 25.6. The number of phenolic OH excluding ortho intramolecular Hbond substituents is 2. The number of phenols is 2. The van der Waals surface area contributed by atoms with Crippen LogP contribution in [0.2, 0.25) is 0 Å². The minimum Gasteiger partial charge on any atom is -0.507 e. The smallest absolute Gasteiger partial charge is 0.127 e. The van der Waals surface area contributed by atoms with E-state index in [0.717, 1.165) is 59.1 Å². The molecule has 0 radical (unpaired) electrons. The van der Waals surface area contributed by atoms with E-state index in [1.54, 1.807) is 0 Å². The highest BCUT2D eigenvalue weighted by atomic mass is 16.3. The van der Waals surface area contributed by atoms with Crippen molar-refractivity contribution in [3.63, 3.8) is 0 Å². The molecule has 0 fully saturated rings. The summed E-state index contributed by atoms with van der Waals surface area (Å²) in [6, 6.07) is 8.46. The second-order valence-electron chi connectivity index (χ2n) is 13.1. The Morgan fingerprint density at radius 1 is 0.700 bits per heavy atom. The van der Waals surface area contributed by atoms with Crippen molar-refractivity contribution in [2.45, 2.75) is 91.9 Å². The van der Waals surface area contributed by atoms with Gasteiger partial charge in [-0.3, -0.25) is 0 Å². The van der Waals surface area contributed by atoms with Crippen LogP contribution in [0.15, 0.2) is 72.9 Å². The first-order valence-electron chi connectivity index (χ1n) is 15.3. The molecule has 4 atom stereocenters. The van der Waals surface area contributed by atoms with Crippen LogP contribution in [0.5, 0.6) is 11.5 Å². The molecule has 4 rings (SSSR count). The van der Waals surface area contributed by atoms with Gasteiger partial charge in [-0.25, -0.2) is 0 Å². The predicted molar refractivity (Wildman–Crippen MR) is 171 cm³/mol. The van der Waals surface area contributed by atoms with Crippen LogP contribution in [0.3, 0.4) is 0 Å². The highest BCUT2D eigenvalue weighted by molar-refractivity contribution is 5.80. The molecule has 0 aliphatic heterocycles. The molecule has 40 heavy (non-hydrogen) atoms. The molecule has 0 heterocycles. The van der Waals surface area contributed by atoms with Crippen LogP contribution < -0.4 is 0 Å². The van der Waals surface area contributed by atoms with Gasteiger partial charge in [-0.1, -0.05) is 75.3 Å². The maximum Gasteiger partial charge on any atom is 0.127 e. The second-order valence-corrected chi connectivity index (χ2v) is 13.1. The van der Waals surface area contributed by atoms with E-state index in [0.29, 0.717) is 48.0 Å². The Morgan fingerprint density at radius 2 is 1.07 bits per heavy atom. The van der Waals surface area contributed by atoms with Gasteiger partial charge in [0.25, 0.3) is 0 Å². The second kappa shape index (κ2) is 12.7. The third-order valence-corrected chi connectivity index (χ3v) is 9.47. The van der Waals surface area contributed by atoms with E-state index in [1.807, 2.05) is 12.2 Å². The van der Waals surface area contributed by atoms with Gasteiger partial charge >= 0.3 is 0 Å². The van der Waals surface area contributed by atoms with Crippen molar-refractivity contribution in [2.75, 3.05) is 0 Å². The van der Waals surface area contributed by atoms with Crippen molar-refractivity contribution < 1.29 is 10.2 Å². The molecule has 0 amide bonds. The van der Waals surface area contributed by atoms with Crippen molar-refractivity contribution in [3.8, 4) is 22.6 Å². The van der Waals surface area contributed by atoms with E-state index in [-0.39, 0.29) is 11.8 Å². The molecule has 214 valence electrons. The SMILES string of the molecule is C=CCc1cc(-c2cc(CC=C)cc([C@@H]3C=C(C)CC[C@H]3C(C)C)c2O)c(O)c([C@@H]2C=C(C)CC[C@@H]2C(C)C)c1. The number of aromatic hydroxyl groups is 2. The highest BCUT2D eigenvalue weighted by Gasteiger charge is 2.33. The van der Waals surface area contributed by atoms with E-state index < -0.39 is 0 Å². The van der Waals surface area contributed by atoms with Crippen molar-refractivity contribution in [2.24, 2.45) is 23.7 Å². The highest BCUT2D eigenvalue weighted by Crippen LogP contribution is 2.50. The van der Waals surface area contributed by atoms with Crippen LogP contribution in [0.25, 0.3) is 11.1 Å². The first-order chi connectivity index (χ1) is 19.0. The van der Waals surface area contributed by atoms with Crippen molar-refractivity contribution in [1.29, 1.82) is 0 Å². The van der Waals surface area contributed by atoms with Crippen molar-refractivity contribution in [1.82, 2.24) is 0 Å². The molecule has 2 aromatic rings. The summed E-state index contributed by atoms with van der Waals surface area (Å²) >= 11 is 0. The van der Waals surface area contributed by atoms with Gasteiger partial charge in [-0.15, -0.1) is 13.2 Å². The number of hydrogen-bond acceptors (Lipinski definition) is 2. The lowest BCUT2D eigenvalue weighted by atomic mass is 9.70. The van der Waals surface area contributed by atoms with E-state index in [4.69, 9.17) is 0 Å². The largest absolute Gasteiger partial charge is 0.507 e. The minimum absolute atomic E-state index is 0.143. The summed E-state index contributed by atoms with van der Waals surface area (Å²) in [5.41, 5.74) is 8.36. The third-order valence-electron chi connectivity index (χ3n) is 9.47. The molecule has 0 saturated carbocycles. The molecule has 2 nitrogen and oxygen atoms in total. The fraction of sp³-hybridized carbons (Fsp3) is 0.474. The van der Waals surface area contributed by atoms with Gasteiger partial charge in [0.1, 0.15) is 11.5 Å². The molecule has 2 aliphatic carbocycles. The number of hydrogen-bond donors (Lipinski definition) is 2. The topological polar surface area (TPSA) is 40.5 Å². The van der Waals surface area contributed by atoms with Gasteiger partial charge in [0.05, 0.1) is 0 Å². The molecule has 2 heteroatoms. The average Bonchev–Trinajstić information content (AvgIpc) is 2.90. The van der Waals surface area contributed by atoms with E-state index in [1.165, 1.54) is 11.1 Å². The van der Waals surface area contributed by atoms with Crippen molar-refractivity contribution >= 4 is 0 Å². The molecule has 2 aromatic carbocycles. The summed E-state index contributed by atoms with van der Waals surface area (Å²) in [6.07, 6.45) is 14.5. The normalized spacial score (nSPS) is 23.2. The van der Waals surface area contributed by atoms with Gasteiger partial charge in [-0.2, -0.15) is 0 Å². The summed E-state index contributed by atoms with van der Waals surface area (Å²) in [4.78, 5) is 0. The van der Waals surface area contributed by atoms with E-state index in [9.17, 15) is 10.2 Å². The monoisotopic (exact) mass is 538 g/mol. The Hall–Kier alpha value is -3.00. The lowest BCUT2D eigenvalue weighted by molar-refractivity contribution is 0.309. The van der Waals surface area contributed by atoms with Gasteiger partial charge in [-0.05, 0) is 99.3 Å². The predicted octanol–water partition coefficient (Wildman–Crippen LogP) is 10.4. The van der Waals surface area contributed by atoms with Gasteiger partial charge < -0.3 is 10.2 Å². The molecule has 0 bridgehead atoms. The van der Waals surface area contributed by atoms with Gasteiger partial charge in [0, 0.05) is 34.1 Å². The molecule has 2 aliphatic rings. The maximum atomic E-state index is 12.0. The molecule has 0 aromatic heterocycles. The third kappa shape index (κ3) is 6.17. The van der Waals surface area contributed by atoms with Crippen LogP contribution in [0.1, 0.15) is 101 Å². The van der Waals surface area contributed by atoms with E-state index in [2.05, 4.69) is 91.1 Å². The molecule has 0 unspecified atom stereocenters. The zero-order chi connectivity index (χ0) is 29.1. The Balaban J connectivity index is 1.98. The lowest BCUT2D eigenvalue weighted by Gasteiger charge is -2.35. The van der Waals surface area contributed by atoms with Crippen LogP contribution in [-0.4, -0.2) is 10.2 Å². The van der Waals surface area contributed by atoms with Crippen LogP contribution in [0.4, 0.5) is 0 Å². The summed E-state index contributed by atoms with van der Waals surface area (Å²) in [7, 11) is 0. The van der Waals surface area contributed by atoms with Crippen LogP contribution >= 0.6 is 0 Å². The summed E-state index contributed by atoms with van der Waals surface area (Å²) in [6.45, 7) is 21.6. The Bertz CT molecular complexity index is 1200. The standard InChI is InChI=1S/C38H50O2/c1-9-11-27-19-33(31-17-25(7)13-15-29(31)23(3)4)37(39)35(21-27)36-22-28(12-10-2)20-34(38(36)40)32-18-26(8)14-16-30(32)24(5)6/h9-10,17-24,29-32,39-40H,1-2,11-16H2,3-8H3/t29-,30+,31-,32-/m1/s1. The summed E-state index contributed by atoms with van der Waals surface area (Å²) in [5, 5.41) is 24.0. The van der Waals surface area contributed by atoms with Crippen LogP contribution in [0, 0.1) is 23.7 Å². The first-order valence-corrected chi connectivity index (χ1v) is 15.3. The molecule has 0 spiro atoms. The van der Waals surface area contributed by atoms with Crippen LogP contribution in [-0.2, 0) is 12.8 Å². The van der Waals surface area contributed by atoms with E-state index >= 15 is 0 Å². The Kier molecular flexibility index (Phi) is 9.49. The fourth-order valence-corrected chi connectivity index (χ4v) is 7.24. The fourth-order valence-electron chi connectivity index (χ4n) is 7.24. The van der Waals surface area contributed by atoms with Gasteiger partial charge in [0.2, 0.25) is 0 Å². The number of benzene rings is 2. The summed E-state index contributed by atoms with van der Waals surface area (Å²) in [5.74, 6) is 2.80. The number of allylic oxidation sites excluding steroid dienone is 6. The zero-order valence-corrected chi connectivity index (χ0v) is 25.6. The molecule has 0 saturated heterocycles. The minimum atomic E-state index is 0.143. The summed E-state index contributed by atoms with van der Waals surface area (Å²) < 4.78 is 0. The Morgan fingerprint density at radius 3 is 1.40 bits per heavy atom. The average molecular weight is 539 g/mol. The number of rotatable bonds is 9.